The van der Waals surface area contributed by atoms with Crippen LogP contribution in [0.3, 0.4) is 0 Å². The number of aromatic nitrogens is 2. The van der Waals surface area contributed by atoms with Gasteiger partial charge in [-0.1, -0.05) is 39.8 Å². The number of nitrogens with one attached hydrogen (secondary N) is 1. The Morgan fingerprint density at radius 1 is 1.27 bits per heavy atom. The van der Waals surface area contributed by atoms with E-state index in [1.165, 1.54) is 5.56 Å². The molecule has 1 aromatic carbocycles. The first-order valence-electron chi connectivity index (χ1n) is 9.43. The number of benzene rings is 1. The molecule has 140 valence electrons. The van der Waals surface area contributed by atoms with Crippen LogP contribution in [0.5, 0.6) is 0 Å². The zero-order chi connectivity index (χ0) is 19.1. The molecule has 1 N–H and O–H groups in total. The number of nitrogens with zero attached hydrogens (tertiary/aromatic N) is 3. The van der Waals surface area contributed by atoms with Crippen LogP contribution in [0.25, 0.3) is 0 Å². The number of aryl methyl sites for hydroxylation is 2. The second kappa shape index (κ2) is 6.88. The van der Waals surface area contributed by atoms with Crippen LogP contribution in [0.1, 0.15) is 55.8 Å². The number of amides is 1. The Bertz CT molecular complexity index is 829. The highest BCUT2D eigenvalue weighted by Crippen LogP contribution is 2.31. The highest BCUT2D eigenvalue weighted by molar-refractivity contribution is 5.92. The van der Waals surface area contributed by atoms with Gasteiger partial charge < -0.3 is 5.32 Å². The van der Waals surface area contributed by atoms with E-state index in [4.69, 9.17) is 5.10 Å². The third kappa shape index (κ3) is 3.54. The normalized spacial score (nSPS) is 15.0. The lowest BCUT2D eigenvalue weighted by molar-refractivity contribution is 0.245. The topological polar surface area (TPSA) is 50.2 Å². The van der Waals surface area contributed by atoms with E-state index in [0.717, 1.165) is 54.3 Å². The van der Waals surface area contributed by atoms with E-state index in [2.05, 4.69) is 44.0 Å². The second-order valence-electron chi connectivity index (χ2n) is 8.30. The van der Waals surface area contributed by atoms with Gasteiger partial charge in [-0.05, 0) is 37.6 Å². The molecule has 5 nitrogen and oxygen atoms in total. The monoisotopic (exact) mass is 354 g/mol. The van der Waals surface area contributed by atoms with Gasteiger partial charge in [0, 0.05) is 36.2 Å². The molecule has 0 saturated heterocycles. The first-order chi connectivity index (χ1) is 12.2. The lowest BCUT2D eigenvalue weighted by Crippen LogP contribution is -2.33. The minimum Gasteiger partial charge on any atom is -0.306 e. The second-order valence-corrected chi connectivity index (χ2v) is 8.30. The summed E-state index contributed by atoms with van der Waals surface area (Å²) >= 11 is 0. The highest BCUT2D eigenvalue weighted by atomic mass is 16.2. The van der Waals surface area contributed by atoms with Crippen molar-refractivity contribution in [2.24, 2.45) is 0 Å². The van der Waals surface area contributed by atoms with Crippen LogP contribution in [0.15, 0.2) is 18.2 Å². The molecule has 3 rings (SSSR count). The zero-order valence-electron chi connectivity index (χ0n) is 16.8. The van der Waals surface area contributed by atoms with Crippen molar-refractivity contribution in [3.63, 3.8) is 0 Å². The molecule has 26 heavy (non-hydrogen) atoms. The van der Waals surface area contributed by atoms with Crippen LogP contribution in [0.2, 0.25) is 0 Å². The molecule has 0 atom stereocenters. The summed E-state index contributed by atoms with van der Waals surface area (Å²) in [6.07, 6.45) is 0.854. The fourth-order valence-electron chi connectivity index (χ4n) is 3.55. The third-order valence-corrected chi connectivity index (χ3v) is 5.12. The summed E-state index contributed by atoms with van der Waals surface area (Å²) < 4.78 is 1.60. The molecule has 0 unspecified atom stereocenters. The van der Waals surface area contributed by atoms with E-state index >= 15 is 0 Å². The molecule has 0 saturated carbocycles. The van der Waals surface area contributed by atoms with E-state index in [1.807, 2.05) is 26.0 Å². The molecular formula is C21H30N4O. The van der Waals surface area contributed by atoms with Crippen molar-refractivity contribution in [1.82, 2.24) is 14.7 Å². The number of anilines is 1. The number of likely N-dealkylation sites (N-methyl/N-ethyl adjacent to an activating group) is 1. The Morgan fingerprint density at radius 2 is 2.00 bits per heavy atom. The summed E-state index contributed by atoms with van der Waals surface area (Å²) in [4.78, 5) is 15.4. The van der Waals surface area contributed by atoms with Crippen molar-refractivity contribution < 1.29 is 4.79 Å². The number of rotatable bonds is 2. The lowest BCUT2D eigenvalue weighted by Gasteiger charge is -2.28. The Hall–Kier alpha value is -2.14. The quantitative estimate of drug-likeness (QED) is 0.877. The zero-order valence-corrected chi connectivity index (χ0v) is 16.8. The summed E-state index contributed by atoms with van der Waals surface area (Å²) in [5, 5.41) is 7.81. The molecule has 1 aromatic heterocycles. The smallest absolute Gasteiger partial charge is 0.306 e. The number of carbonyl (C=O) groups is 1. The van der Waals surface area contributed by atoms with Gasteiger partial charge in [0.1, 0.15) is 0 Å². The standard InChI is InChI=1S/C21H30N4O/c1-7-24-11-10-18-16(13-24)19(21(4,5)6)23-25(18)20(26)22-17-12-14(2)8-9-15(17)3/h8-9,12H,7,10-11,13H2,1-6H3,(H,22,26). The SMILES string of the molecule is CCN1CCc2c(c(C(C)(C)C)nn2C(=O)Nc2cc(C)ccc2C)C1. The van der Waals surface area contributed by atoms with Gasteiger partial charge >= 0.3 is 6.03 Å². The fourth-order valence-corrected chi connectivity index (χ4v) is 3.55. The van der Waals surface area contributed by atoms with Crippen molar-refractivity contribution >= 4 is 11.7 Å². The van der Waals surface area contributed by atoms with E-state index in [1.54, 1.807) is 4.68 Å². The maximum Gasteiger partial charge on any atom is 0.346 e. The average molecular weight is 354 g/mol. The molecule has 5 heteroatoms. The summed E-state index contributed by atoms with van der Waals surface area (Å²) in [7, 11) is 0. The molecule has 1 aliphatic heterocycles. The van der Waals surface area contributed by atoms with E-state index in [0.29, 0.717) is 0 Å². The molecule has 0 fully saturated rings. The first kappa shape index (κ1) is 18.6. The lowest BCUT2D eigenvalue weighted by atomic mass is 9.87. The molecule has 0 bridgehead atoms. The molecule has 0 spiro atoms. The maximum absolute atomic E-state index is 13.0. The maximum atomic E-state index is 13.0. The third-order valence-electron chi connectivity index (χ3n) is 5.12. The van der Waals surface area contributed by atoms with Gasteiger partial charge in [0.05, 0.1) is 11.4 Å². The van der Waals surface area contributed by atoms with Gasteiger partial charge in [0.25, 0.3) is 0 Å². The summed E-state index contributed by atoms with van der Waals surface area (Å²) in [5.41, 5.74) is 6.25. The number of hydrogen-bond acceptors (Lipinski definition) is 3. The largest absolute Gasteiger partial charge is 0.346 e. The number of hydrogen-bond donors (Lipinski definition) is 1. The predicted octanol–water partition coefficient (Wildman–Crippen LogP) is 4.26. The summed E-state index contributed by atoms with van der Waals surface area (Å²) in [5.74, 6) is 0. The Labute approximate surface area is 156 Å². The fraction of sp³-hybridized carbons (Fsp3) is 0.524. The average Bonchev–Trinajstić information content (AvgIpc) is 2.97. The molecule has 1 aliphatic rings. The molecule has 1 amide bonds. The van der Waals surface area contributed by atoms with Gasteiger partial charge in [-0.2, -0.15) is 9.78 Å². The first-order valence-corrected chi connectivity index (χ1v) is 9.43. The molecule has 0 aliphatic carbocycles. The molecule has 0 radical (unpaired) electrons. The minimum absolute atomic E-state index is 0.0917. The summed E-state index contributed by atoms with van der Waals surface area (Å²) in [6.45, 7) is 15.6. The van der Waals surface area contributed by atoms with Gasteiger partial charge in [-0.15, -0.1) is 0 Å². The van der Waals surface area contributed by atoms with Gasteiger partial charge in [-0.25, -0.2) is 4.79 Å². The van der Waals surface area contributed by atoms with Gasteiger partial charge in [-0.3, -0.25) is 4.90 Å². The van der Waals surface area contributed by atoms with Crippen molar-refractivity contribution in [3.8, 4) is 0 Å². The van der Waals surface area contributed by atoms with Crippen LogP contribution < -0.4 is 5.32 Å². The van der Waals surface area contributed by atoms with Gasteiger partial charge in [0.2, 0.25) is 0 Å². The summed E-state index contributed by atoms with van der Waals surface area (Å²) in [6, 6.07) is 5.92. The predicted molar refractivity (Wildman–Crippen MR) is 106 cm³/mol. The molecular weight excluding hydrogens is 324 g/mol. The van der Waals surface area contributed by atoms with E-state index in [9.17, 15) is 4.79 Å². The Kier molecular flexibility index (Phi) is 4.93. The highest BCUT2D eigenvalue weighted by Gasteiger charge is 2.31. The molecule has 2 aromatic rings. The minimum atomic E-state index is -0.171. The van der Waals surface area contributed by atoms with Crippen LogP contribution >= 0.6 is 0 Å². The van der Waals surface area contributed by atoms with Crippen LogP contribution in [-0.4, -0.2) is 33.8 Å². The van der Waals surface area contributed by atoms with Crippen molar-refractivity contribution in [2.75, 3.05) is 18.4 Å². The number of carbonyl (C=O) groups excluding carboxylic acids is 1. The van der Waals surface area contributed by atoms with Crippen molar-refractivity contribution in [2.45, 2.75) is 59.9 Å². The Balaban J connectivity index is 1.98. The van der Waals surface area contributed by atoms with Crippen LogP contribution in [0.4, 0.5) is 10.5 Å². The van der Waals surface area contributed by atoms with E-state index in [-0.39, 0.29) is 11.4 Å². The number of fused-ring (bicyclic) bond motifs is 1. The van der Waals surface area contributed by atoms with Gasteiger partial charge in [0.15, 0.2) is 0 Å². The van der Waals surface area contributed by atoms with Crippen LogP contribution in [0, 0.1) is 13.8 Å². The molecule has 2 heterocycles. The van der Waals surface area contributed by atoms with Crippen molar-refractivity contribution in [1.29, 1.82) is 0 Å². The van der Waals surface area contributed by atoms with E-state index < -0.39 is 0 Å². The van der Waals surface area contributed by atoms with Crippen molar-refractivity contribution in [3.05, 3.63) is 46.3 Å². The Morgan fingerprint density at radius 3 is 2.65 bits per heavy atom. The van der Waals surface area contributed by atoms with Crippen LogP contribution in [-0.2, 0) is 18.4 Å².